The Kier molecular flexibility index (Phi) is 14.1. The molecule has 1 spiro atoms. The van der Waals surface area contributed by atoms with Crippen molar-refractivity contribution in [3.8, 4) is 0 Å². The Morgan fingerprint density at radius 1 is 0.623 bits per heavy atom. The van der Waals surface area contributed by atoms with Gasteiger partial charge in [0.05, 0.1) is 79.7 Å². The normalized spacial score (nSPS) is 47.3. The lowest BCUT2D eigenvalue weighted by atomic mass is 9.79. The summed E-state index contributed by atoms with van der Waals surface area (Å²) in [5.74, 6) is -1.04. The van der Waals surface area contributed by atoms with E-state index in [-0.39, 0.29) is 126 Å². The minimum absolute atomic E-state index is 0.0111. The van der Waals surface area contributed by atoms with Gasteiger partial charge in [-0.3, -0.25) is 4.79 Å². The molecule has 0 amide bonds. The summed E-state index contributed by atoms with van der Waals surface area (Å²) in [7, 11) is -4.23. The van der Waals surface area contributed by atoms with Crippen LogP contribution in [0, 0.1) is 11.8 Å². The van der Waals surface area contributed by atoms with E-state index in [0.717, 1.165) is 49.7 Å². The zero-order chi connectivity index (χ0) is 49.2. The van der Waals surface area contributed by atoms with Crippen LogP contribution in [0.4, 0.5) is 0 Å². The highest BCUT2D eigenvalue weighted by atomic mass is 28.4. The third-order valence-electron chi connectivity index (χ3n) is 19.3. The van der Waals surface area contributed by atoms with Crippen LogP contribution in [0.3, 0.4) is 0 Å². The number of ether oxygens (including phenoxy) is 10. The van der Waals surface area contributed by atoms with Gasteiger partial charge in [0.15, 0.2) is 22.4 Å². The van der Waals surface area contributed by atoms with Crippen molar-refractivity contribution in [2.45, 2.75) is 291 Å². The SMILES string of the molecule is C=C1CC2CC[C@@]34CC5OC6C(O3)[C@H]3OC(CCC3O[C@H]6C5O4)CC(=O)OC3[C@H](C[C@H]4OC(CCC1O2)CC(C)C4=C)OC1CC(O[Si](C)(C)C(C)(C)C)[C@@H](CCO[Si](C)(C)C(C)(C)C)O[C@H]1[C@@H]3C. The van der Waals surface area contributed by atoms with Gasteiger partial charge in [0, 0.05) is 38.2 Å². The summed E-state index contributed by atoms with van der Waals surface area (Å²) in [5.41, 5.74) is 2.21. The predicted octanol–water partition coefficient (Wildman–Crippen LogP) is 9.65. The number of rotatable bonds is 6. The van der Waals surface area contributed by atoms with E-state index in [4.69, 9.17) is 56.2 Å². The second-order valence-corrected chi connectivity index (χ2v) is 35.8. The Bertz CT molecular complexity index is 1920. The molecule has 0 radical (unpaired) electrons. The van der Waals surface area contributed by atoms with E-state index in [1.54, 1.807) is 0 Å². The van der Waals surface area contributed by atoms with Gasteiger partial charge >= 0.3 is 5.97 Å². The van der Waals surface area contributed by atoms with Crippen molar-refractivity contribution in [2.75, 3.05) is 6.61 Å². The number of carbonyl (C=O) groups excluding carboxylic acids is 1. The van der Waals surface area contributed by atoms with Crippen LogP contribution >= 0.6 is 0 Å². The Labute approximate surface area is 415 Å². The van der Waals surface area contributed by atoms with Gasteiger partial charge in [0.2, 0.25) is 0 Å². The molecule has 12 bridgehead atoms. The van der Waals surface area contributed by atoms with Gasteiger partial charge in [0.1, 0.15) is 36.6 Å². The molecule has 11 saturated heterocycles. The lowest BCUT2D eigenvalue weighted by Crippen LogP contribution is -2.63. The van der Waals surface area contributed by atoms with Crippen molar-refractivity contribution in [3.05, 3.63) is 24.3 Å². The van der Waals surface area contributed by atoms with Gasteiger partial charge in [-0.25, -0.2) is 0 Å². The average molecular weight is 1000 g/mol. The molecular formula is C54H88O13Si2. The molecule has 0 N–H and O–H groups in total. The second kappa shape index (κ2) is 18.9. The maximum atomic E-state index is 14.5. The molecule has 11 fully saturated rings. The molecule has 13 unspecified atom stereocenters. The van der Waals surface area contributed by atoms with Crippen molar-refractivity contribution in [2.24, 2.45) is 11.8 Å². The minimum Gasteiger partial charge on any atom is -0.459 e. The monoisotopic (exact) mass is 1000 g/mol. The van der Waals surface area contributed by atoms with Crippen molar-refractivity contribution in [3.63, 3.8) is 0 Å². The smallest absolute Gasteiger partial charge is 0.308 e. The molecule has 11 rings (SSSR count). The average Bonchev–Trinajstić information content (AvgIpc) is 3.84. The van der Waals surface area contributed by atoms with Crippen molar-refractivity contribution in [1.82, 2.24) is 0 Å². The lowest BCUT2D eigenvalue weighted by Gasteiger charge is -2.53. The maximum absolute atomic E-state index is 14.5. The molecule has 15 heteroatoms. The highest BCUT2D eigenvalue weighted by Crippen LogP contribution is 2.55. The highest BCUT2D eigenvalue weighted by Gasteiger charge is 2.69. The minimum atomic E-state index is -2.22. The van der Waals surface area contributed by atoms with Gasteiger partial charge in [-0.15, -0.1) is 0 Å². The zero-order valence-electron chi connectivity index (χ0n) is 44.2. The van der Waals surface area contributed by atoms with E-state index >= 15 is 0 Å². The maximum Gasteiger partial charge on any atom is 0.308 e. The standard InChI is InChI=1S/C54H88O13Si2/c1-29-23-33-15-17-36-30(2)24-35(57-36)19-21-54-28-43-48(65-54)49-50(63-43)51(66-54)47-38(62-49)18-16-34(59-47)25-44(55)64-46-32(4)45-42(60-41(46)26-39(58-33)31(29)3)27-40(67-69(13,14)53(8,9)10)37(61-45)20-22-56-68(11,12)52(5,6)7/h29,32-43,45-51H,2-3,15-28H2,1,4-14H3/t29?,32-,33?,34?,35?,36?,37+,38?,39+,40?,41-,42?,43?,45-,46?,47-,48?,49-,50?,51?,54-/m0/s1. The molecule has 11 aliphatic heterocycles. The van der Waals surface area contributed by atoms with Crippen molar-refractivity contribution >= 4 is 22.6 Å². The number of hydrogen-bond acceptors (Lipinski definition) is 13. The Morgan fingerprint density at radius 2 is 1.29 bits per heavy atom. The molecular weight excluding hydrogens is 913 g/mol. The predicted molar refractivity (Wildman–Crippen MR) is 265 cm³/mol. The molecule has 0 aromatic rings. The van der Waals surface area contributed by atoms with Crippen molar-refractivity contribution in [1.29, 1.82) is 0 Å². The second-order valence-electron chi connectivity index (χ2n) is 26.2. The van der Waals surface area contributed by atoms with Gasteiger partial charge in [-0.1, -0.05) is 68.5 Å². The fourth-order valence-corrected chi connectivity index (χ4v) is 15.5. The van der Waals surface area contributed by atoms with Crippen LogP contribution in [-0.4, -0.2) is 145 Å². The molecule has 11 aliphatic rings. The molecule has 0 saturated carbocycles. The molecule has 0 aromatic carbocycles. The van der Waals surface area contributed by atoms with Crippen LogP contribution in [0.15, 0.2) is 24.3 Å². The Morgan fingerprint density at radius 3 is 2.04 bits per heavy atom. The van der Waals surface area contributed by atoms with Gasteiger partial charge in [-0.2, -0.15) is 0 Å². The summed E-state index contributed by atoms with van der Waals surface area (Å²) in [6.07, 6.45) is 4.67. The van der Waals surface area contributed by atoms with E-state index in [0.29, 0.717) is 45.1 Å². The zero-order valence-corrected chi connectivity index (χ0v) is 46.2. The summed E-state index contributed by atoms with van der Waals surface area (Å²) in [5, 5.41) is 0.103. The molecule has 21 atom stereocenters. The summed E-state index contributed by atoms with van der Waals surface area (Å²) >= 11 is 0. The first-order chi connectivity index (χ1) is 32.4. The first kappa shape index (κ1) is 51.4. The van der Waals surface area contributed by atoms with Crippen LogP contribution in [0.25, 0.3) is 0 Å². The molecule has 0 aromatic heterocycles. The van der Waals surface area contributed by atoms with Gasteiger partial charge in [0.25, 0.3) is 0 Å². The fraction of sp³-hybridized carbons (Fsp3) is 0.907. The van der Waals surface area contributed by atoms with Crippen LogP contribution in [0.1, 0.15) is 139 Å². The number of esters is 1. The quantitative estimate of drug-likeness (QED) is 0.143. The third-order valence-corrected chi connectivity index (χ3v) is 28.4. The van der Waals surface area contributed by atoms with E-state index in [2.05, 4.69) is 94.7 Å². The third kappa shape index (κ3) is 10.0. The van der Waals surface area contributed by atoms with Crippen LogP contribution in [-0.2, 0) is 61.0 Å². The first-order valence-corrected chi connectivity index (χ1v) is 33.0. The number of carbonyl (C=O) groups is 1. The van der Waals surface area contributed by atoms with Crippen LogP contribution in [0.2, 0.25) is 36.3 Å². The summed E-state index contributed by atoms with van der Waals surface area (Å²) in [6.45, 7) is 37.1. The number of fused-ring (bicyclic) bond motifs is 7. The molecule has 69 heavy (non-hydrogen) atoms. The first-order valence-electron chi connectivity index (χ1n) is 27.2. The summed E-state index contributed by atoms with van der Waals surface area (Å²) in [4.78, 5) is 14.5. The summed E-state index contributed by atoms with van der Waals surface area (Å²) < 4.78 is 83.5. The molecule has 390 valence electrons. The van der Waals surface area contributed by atoms with E-state index in [1.807, 2.05) is 0 Å². The Balaban J connectivity index is 0.926. The van der Waals surface area contributed by atoms with E-state index < -0.39 is 40.7 Å². The fourth-order valence-electron chi connectivity index (χ4n) is 13.1. The van der Waals surface area contributed by atoms with Crippen molar-refractivity contribution < 1.29 is 61.0 Å². The summed E-state index contributed by atoms with van der Waals surface area (Å²) in [6, 6.07) is 0. The highest BCUT2D eigenvalue weighted by molar-refractivity contribution is 6.74. The topological polar surface area (TPSA) is 128 Å². The van der Waals surface area contributed by atoms with E-state index in [1.165, 1.54) is 0 Å². The molecule has 13 nitrogen and oxygen atoms in total. The van der Waals surface area contributed by atoms with Crippen LogP contribution < -0.4 is 0 Å². The number of hydrogen-bond donors (Lipinski definition) is 0. The molecule has 11 heterocycles. The largest absolute Gasteiger partial charge is 0.459 e. The van der Waals surface area contributed by atoms with Gasteiger partial charge in [-0.05, 0) is 105 Å². The van der Waals surface area contributed by atoms with Crippen LogP contribution in [0.5, 0.6) is 0 Å². The van der Waals surface area contributed by atoms with Gasteiger partial charge < -0.3 is 56.2 Å². The lowest BCUT2D eigenvalue weighted by molar-refractivity contribution is -0.293. The molecule has 0 aliphatic carbocycles. The Hall–Kier alpha value is -1.06. The van der Waals surface area contributed by atoms with E-state index in [9.17, 15) is 4.79 Å².